The molecule has 196 valence electrons. The number of unbranched alkanes of at least 4 members (excludes halogenated alkanes) is 14. The number of carbonyl (C=O) groups is 2. The van der Waals surface area contributed by atoms with E-state index >= 15 is 0 Å². The Morgan fingerprint density at radius 3 is 1.66 bits per heavy atom. The van der Waals surface area contributed by atoms with Gasteiger partial charge in [0.25, 0.3) is 0 Å². The number of hydrogen-bond acceptors (Lipinski definition) is 5. The van der Waals surface area contributed by atoms with Gasteiger partial charge >= 0.3 is 11.9 Å². The molecule has 6 heteroatoms. The van der Waals surface area contributed by atoms with Crippen LogP contribution in [0.5, 0.6) is 0 Å². The quantitative estimate of drug-likeness (QED) is 0.0514. The van der Waals surface area contributed by atoms with Gasteiger partial charge in [-0.3, -0.25) is 9.68 Å². The Morgan fingerprint density at radius 1 is 0.714 bits per heavy atom. The molecule has 1 rings (SSSR count). The summed E-state index contributed by atoms with van der Waals surface area (Å²) in [6.45, 7) is 5.73. The summed E-state index contributed by atoms with van der Waals surface area (Å²) in [6, 6.07) is 8.62. The summed E-state index contributed by atoms with van der Waals surface area (Å²) in [6.07, 6.45) is 19.9. The monoisotopic (exact) mass is 540 g/mol. The zero-order chi connectivity index (χ0) is 24.9. The number of hydrogen-bond donors (Lipinski definition) is 0. The molecular weight excluding hydrogens is 494 g/mol. The van der Waals surface area contributed by atoms with E-state index in [4.69, 9.17) is 14.5 Å². The zero-order valence-electron chi connectivity index (χ0n) is 22.7. The molecule has 0 amide bonds. The number of rotatable bonds is 21. The average Bonchev–Trinajstić information content (AvgIpc) is 2.84. The van der Waals surface area contributed by atoms with Crippen molar-refractivity contribution in [2.45, 2.75) is 129 Å². The standard InChI is InChI=1S/C29H48O5.Zn/c1-4-5-6-7-8-9-10-11-12-13-14-15-16-17-21-24-27(30)32-25-29(2,3)34-33-28(31)26-22-19-18-20-23-26;/h18-20,22-23H,4-17,21,24-25H2,1-3H3;. The maximum absolute atomic E-state index is 12.0. The van der Waals surface area contributed by atoms with E-state index in [1.165, 1.54) is 83.5 Å². The first-order chi connectivity index (χ1) is 16.4. The molecule has 0 atom stereocenters. The SMILES string of the molecule is CCCCCCCCCCCCCCCCCC(=O)OCC(C)(C)OOC(=O)c1ccccc1.[Zn]. The van der Waals surface area contributed by atoms with Crippen LogP contribution in [-0.4, -0.2) is 24.1 Å². The first-order valence-corrected chi connectivity index (χ1v) is 13.6. The minimum Gasteiger partial charge on any atom is -0.462 e. The van der Waals surface area contributed by atoms with Crippen molar-refractivity contribution < 1.29 is 43.6 Å². The topological polar surface area (TPSA) is 61.8 Å². The number of esters is 1. The molecule has 0 radical (unpaired) electrons. The van der Waals surface area contributed by atoms with Crippen LogP contribution in [0.1, 0.15) is 134 Å². The molecule has 0 heterocycles. The van der Waals surface area contributed by atoms with Crippen molar-refractivity contribution in [1.29, 1.82) is 0 Å². The van der Waals surface area contributed by atoms with Crippen molar-refractivity contribution in [3.8, 4) is 0 Å². The molecule has 0 saturated carbocycles. The van der Waals surface area contributed by atoms with E-state index in [1.807, 2.05) is 6.07 Å². The Morgan fingerprint density at radius 2 is 1.17 bits per heavy atom. The summed E-state index contributed by atoms with van der Waals surface area (Å²) in [5.41, 5.74) is -0.502. The largest absolute Gasteiger partial charge is 0.462 e. The van der Waals surface area contributed by atoms with Crippen LogP contribution in [0.15, 0.2) is 30.3 Å². The molecule has 35 heavy (non-hydrogen) atoms. The molecule has 5 nitrogen and oxygen atoms in total. The van der Waals surface area contributed by atoms with E-state index < -0.39 is 11.6 Å². The van der Waals surface area contributed by atoms with E-state index in [0.29, 0.717) is 12.0 Å². The molecule has 0 saturated heterocycles. The molecule has 0 aliphatic carbocycles. The Balaban J connectivity index is 0.0000116. The molecule has 0 aliphatic heterocycles. The van der Waals surface area contributed by atoms with Gasteiger partial charge < -0.3 is 4.74 Å². The van der Waals surface area contributed by atoms with Gasteiger partial charge in [-0.25, -0.2) is 4.79 Å². The number of ether oxygens (including phenoxy) is 1. The fourth-order valence-corrected chi connectivity index (χ4v) is 3.76. The Hall–Kier alpha value is -1.26. The molecule has 0 aromatic heterocycles. The summed E-state index contributed by atoms with van der Waals surface area (Å²) in [5, 5.41) is 0. The van der Waals surface area contributed by atoms with E-state index in [2.05, 4.69) is 6.92 Å². The van der Waals surface area contributed by atoms with E-state index in [1.54, 1.807) is 38.1 Å². The first-order valence-electron chi connectivity index (χ1n) is 13.6. The molecular formula is C29H48O5Zn. The van der Waals surface area contributed by atoms with Gasteiger partial charge in [-0.05, 0) is 32.4 Å². The zero-order valence-corrected chi connectivity index (χ0v) is 25.6. The van der Waals surface area contributed by atoms with Gasteiger partial charge in [-0.1, -0.05) is 115 Å². The molecule has 0 unspecified atom stereocenters. The Kier molecular flexibility index (Phi) is 21.2. The average molecular weight is 542 g/mol. The molecule has 0 fully saturated rings. The third kappa shape index (κ3) is 19.6. The predicted octanol–water partition coefficient (Wildman–Crippen LogP) is 8.36. The number of carbonyl (C=O) groups excluding carboxylic acids is 2. The van der Waals surface area contributed by atoms with E-state index in [-0.39, 0.29) is 32.1 Å². The van der Waals surface area contributed by atoms with Crippen LogP contribution in [-0.2, 0) is 38.8 Å². The Bertz CT molecular complexity index is 648. The van der Waals surface area contributed by atoms with Crippen molar-refractivity contribution >= 4 is 11.9 Å². The summed E-state index contributed by atoms with van der Waals surface area (Å²) in [5.74, 6) is -0.807. The second-order valence-electron chi connectivity index (χ2n) is 9.94. The minimum atomic E-state index is -0.908. The first kappa shape index (κ1) is 33.7. The fourth-order valence-electron chi connectivity index (χ4n) is 3.76. The smallest absolute Gasteiger partial charge is 0.373 e. The molecule has 0 aliphatic rings. The van der Waals surface area contributed by atoms with Gasteiger partial charge in [0, 0.05) is 25.9 Å². The van der Waals surface area contributed by atoms with Gasteiger partial charge in [0.15, 0.2) is 0 Å². The van der Waals surface area contributed by atoms with Crippen LogP contribution in [0, 0.1) is 0 Å². The predicted molar refractivity (Wildman–Crippen MR) is 138 cm³/mol. The van der Waals surface area contributed by atoms with Crippen molar-refractivity contribution in [3.63, 3.8) is 0 Å². The van der Waals surface area contributed by atoms with Crippen LogP contribution in [0.3, 0.4) is 0 Å². The fraction of sp³-hybridized carbons (Fsp3) is 0.724. The molecule has 0 spiro atoms. The van der Waals surface area contributed by atoms with Crippen molar-refractivity contribution in [1.82, 2.24) is 0 Å². The van der Waals surface area contributed by atoms with Crippen LogP contribution < -0.4 is 0 Å². The third-order valence-corrected chi connectivity index (χ3v) is 5.92. The summed E-state index contributed by atoms with van der Waals surface area (Å²) in [7, 11) is 0. The molecule has 0 N–H and O–H groups in total. The van der Waals surface area contributed by atoms with E-state index in [0.717, 1.165) is 12.8 Å². The van der Waals surface area contributed by atoms with Crippen LogP contribution >= 0.6 is 0 Å². The summed E-state index contributed by atoms with van der Waals surface area (Å²) >= 11 is 0. The summed E-state index contributed by atoms with van der Waals surface area (Å²) in [4.78, 5) is 34.0. The van der Waals surface area contributed by atoms with Gasteiger partial charge in [-0.2, -0.15) is 4.89 Å². The molecule has 1 aromatic rings. The van der Waals surface area contributed by atoms with Gasteiger partial charge in [0.2, 0.25) is 0 Å². The van der Waals surface area contributed by atoms with Crippen LogP contribution in [0.2, 0.25) is 0 Å². The third-order valence-electron chi connectivity index (χ3n) is 5.92. The van der Waals surface area contributed by atoms with Crippen molar-refractivity contribution in [2.75, 3.05) is 6.61 Å². The molecule has 0 bridgehead atoms. The van der Waals surface area contributed by atoms with Gasteiger partial charge in [0.05, 0.1) is 5.56 Å². The summed E-state index contributed by atoms with van der Waals surface area (Å²) < 4.78 is 5.31. The number of benzene rings is 1. The maximum atomic E-state index is 12.0. The molecule has 1 aromatic carbocycles. The Labute approximate surface area is 226 Å². The minimum absolute atomic E-state index is 0. The van der Waals surface area contributed by atoms with Gasteiger partial charge in [0.1, 0.15) is 12.2 Å². The van der Waals surface area contributed by atoms with Gasteiger partial charge in [-0.15, -0.1) is 0 Å². The van der Waals surface area contributed by atoms with E-state index in [9.17, 15) is 9.59 Å². The second-order valence-corrected chi connectivity index (χ2v) is 9.94. The van der Waals surface area contributed by atoms with Crippen LogP contribution in [0.4, 0.5) is 0 Å². The van der Waals surface area contributed by atoms with Crippen LogP contribution in [0.25, 0.3) is 0 Å². The normalized spacial score (nSPS) is 11.1. The van der Waals surface area contributed by atoms with Crippen molar-refractivity contribution in [3.05, 3.63) is 35.9 Å². The maximum Gasteiger partial charge on any atom is 0.373 e. The van der Waals surface area contributed by atoms with Crippen molar-refractivity contribution in [2.24, 2.45) is 0 Å². The second kappa shape index (κ2) is 22.0.